The Morgan fingerprint density at radius 2 is 2.08 bits per heavy atom. The van der Waals surface area contributed by atoms with Crippen LogP contribution in [0.3, 0.4) is 0 Å². The molecule has 0 aliphatic carbocycles. The third-order valence-corrected chi connectivity index (χ3v) is 1.77. The number of hydrogen-bond acceptors (Lipinski definition) is 2. The zero-order valence-corrected chi connectivity index (χ0v) is 8.87. The second kappa shape index (κ2) is 5.02. The number of nitrogens with one attached hydrogen (secondary N) is 1. The van der Waals surface area contributed by atoms with Gasteiger partial charge >= 0.3 is 0 Å². The summed E-state index contributed by atoms with van der Waals surface area (Å²) in [7, 11) is 1.82. The zero-order valence-electron chi connectivity index (χ0n) is 6.47. The van der Waals surface area contributed by atoms with E-state index in [4.69, 9.17) is 5.26 Å². The van der Waals surface area contributed by atoms with Gasteiger partial charge in [-0.25, -0.2) is 0 Å². The van der Waals surface area contributed by atoms with Gasteiger partial charge < -0.3 is 5.32 Å². The maximum atomic E-state index is 8.58. The second-order valence-corrected chi connectivity index (χ2v) is 3.01. The highest BCUT2D eigenvalue weighted by molar-refractivity contribution is 9.10. The van der Waals surface area contributed by atoms with E-state index in [1.807, 2.05) is 13.1 Å². The molecule has 0 fully saturated rings. The van der Waals surface area contributed by atoms with Crippen LogP contribution in [0.2, 0.25) is 0 Å². The molecule has 0 bridgehead atoms. The molecule has 2 nitrogen and oxygen atoms in total. The van der Waals surface area contributed by atoms with Gasteiger partial charge in [-0.3, -0.25) is 0 Å². The second-order valence-electron chi connectivity index (χ2n) is 2.09. The van der Waals surface area contributed by atoms with Crippen LogP contribution in [0.4, 0.5) is 5.69 Å². The molecule has 1 aromatic rings. The Morgan fingerprint density at radius 3 is 2.58 bits per heavy atom. The predicted molar refractivity (Wildman–Crippen MR) is 55.7 cm³/mol. The summed E-state index contributed by atoms with van der Waals surface area (Å²) in [4.78, 5) is 0. The van der Waals surface area contributed by atoms with Gasteiger partial charge in [0, 0.05) is 17.2 Å². The molecule has 1 rings (SSSR count). The molecule has 0 amide bonds. The average Bonchev–Trinajstić information content (AvgIpc) is 2.03. The molecule has 64 valence electrons. The van der Waals surface area contributed by atoms with E-state index >= 15 is 0 Å². The fourth-order valence-corrected chi connectivity index (χ4v) is 1.29. The number of anilines is 1. The van der Waals surface area contributed by atoms with Crippen molar-refractivity contribution in [3.05, 3.63) is 28.2 Å². The number of halogens is 2. The van der Waals surface area contributed by atoms with Crippen molar-refractivity contribution in [1.29, 1.82) is 5.26 Å². The SMILES string of the molecule is CNc1cc(Br)cc(C#N)c1.Cl. The van der Waals surface area contributed by atoms with Gasteiger partial charge in [-0.15, -0.1) is 12.4 Å². The van der Waals surface area contributed by atoms with Crippen LogP contribution in [0.25, 0.3) is 0 Å². The monoisotopic (exact) mass is 246 g/mol. The summed E-state index contributed by atoms with van der Waals surface area (Å²) in [5.74, 6) is 0. The maximum absolute atomic E-state index is 8.58. The summed E-state index contributed by atoms with van der Waals surface area (Å²) in [6.07, 6.45) is 0. The lowest BCUT2D eigenvalue weighted by atomic mass is 10.2. The first kappa shape index (κ1) is 11.3. The Hall–Kier alpha value is -0.720. The molecule has 0 atom stereocenters. The highest BCUT2D eigenvalue weighted by Crippen LogP contribution is 2.18. The molecule has 0 aliphatic heterocycles. The molecule has 1 aromatic carbocycles. The van der Waals surface area contributed by atoms with Crippen molar-refractivity contribution in [2.45, 2.75) is 0 Å². The maximum Gasteiger partial charge on any atom is 0.0992 e. The van der Waals surface area contributed by atoms with Crippen LogP contribution in [0.1, 0.15) is 5.56 Å². The summed E-state index contributed by atoms with van der Waals surface area (Å²) in [5, 5.41) is 11.5. The number of nitrogens with zero attached hydrogens (tertiary/aromatic N) is 1. The largest absolute Gasteiger partial charge is 0.388 e. The van der Waals surface area contributed by atoms with Gasteiger partial charge in [0.15, 0.2) is 0 Å². The minimum Gasteiger partial charge on any atom is -0.388 e. The number of rotatable bonds is 1. The smallest absolute Gasteiger partial charge is 0.0992 e. The Balaban J connectivity index is 0.00000121. The first-order valence-corrected chi connectivity index (χ1v) is 3.94. The summed E-state index contributed by atoms with van der Waals surface area (Å²) in [6.45, 7) is 0. The minimum atomic E-state index is 0. The lowest BCUT2D eigenvalue weighted by Gasteiger charge is -2.00. The van der Waals surface area contributed by atoms with Crippen molar-refractivity contribution in [2.75, 3.05) is 12.4 Å². The zero-order chi connectivity index (χ0) is 8.27. The molecule has 0 saturated heterocycles. The fourth-order valence-electron chi connectivity index (χ4n) is 0.799. The molecule has 0 heterocycles. The molecule has 12 heavy (non-hydrogen) atoms. The van der Waals surface area contributed by atoms with Gasteiger partial charge in [-0.1, -0.05) is 15.9 Å². The predicted octanol–water partition coefficient (Wildman–Crippen LogP) is 2.78. The molecular formula is C8H8BrClN2. The summed E-state index contributed by atoms with van der Waals surface area (Å²) in [5.41, 5.74) is 1.60. The van der Waals surface area contributed by atoms with Gasteiger partial charge in [0.05, 0.1) is 11.6 Å². The van der Waals surface area contributed by atoms with Crippen LogP contribution in [-0.2, 0) is 0 Å². The van der Waals surface area contributed by atoms with Crippen LogP contribution in [0, 0.1) is 11.3 Å². The first-order chi connectivity index (χ1) is 5.26. The quantitative estimate of drug-likeness (QED) is 0.828. The molecule has 1 N–H and O–H groups in total. The first-order valence-electron chi connectivity index (χ1n) is 3.14. The summed E-state index contributed by atoms with van der Waals surface area (Å²) >= 11 is 3.30. The van der Waals surface area contributed by atoms with Gasteiger partial charge in [0.25, 0.3) is 0 Å². The van der Waals surface area contributed by atoms with Gasteiger partial charge in [0.2, 0.25) is 0 Å². The molecular weight excluding hydrogens is 239 g/mol. The third kappa shape index (κ3) is 2.72. The van der Waals surface area contributed by atoms with Crippen molar-refractivity contribution in [3.8, 4) is 6.07 Å². The van der Waals surface area contributed by atoms with Gasteiger partial charge in [-0.2, -0.15) is 5.26 Å². The van der Waals surface area contributed by atoms with Crippen LogP contribution < -0.4 is 5.32 Å². The van der Waals surface area contributed by atoms with Crippen LogP contribution in [0.5, 0.6) is 0 Å². The van der Waals surface area contributed by atoms with Crippen molar-refractivity contribution < 1.29 is 0 Å². The van der Waals surface area contributed by atoms with E-state index in [2.05, 4.69) is 27.3 Å². The van der Waals surface area contributed by atoms with E-state index in [-0.39, 0.29) is 12.4 Å². The standard InChI is InChI=1S/C8H7BrN2.ClH/c1-11-8-3-6(5-10)2-7(9)4-8;/h2-4,11H,1H3;1H. The normalized spacial score (nSPS) is 8.08. The summed E-state index contributed by atoms with van der Waals surface area (Å²) in [6, 6.07) is 7.56. The number of benzene rings is 1. The van der Waals surface area contributed by atoms with Crippen LogP contribution >= 0.6 is 28.3 Å². The summed E-state index contributed by atoms with van der Waals surface area (Å²) < 4.78 is 0.918. The van der Waals surface area contributed by atoms with Crippen molar-refractivity contribution in [3.63, 3.8) is 0 Å². The Labute approximate surface area is 86.1 Å². The van der Waals surface area contributed by atoms with Crippen LogP contribution in [-0.4, -0.2) is 7.05 Å². The molecule has 4 heteroatoms. The minimum absolute atomic E-state index is 0. The average molecular weight is 248 g/mol. The fraction of sp³-hybridized carbons (Fsp3) is 0.125. The van der Waals surface area contributed by atoms with Crippen molar-refractivity contribution in [1.82, 2.24) is 0 Å². The lowest BCUT2D eigenvalue weighted by molar-refractivity contribution is 1.44. The molecule has 0 spiro atoms. The Kier molecular flexibility index (Phi) is 4.72. The highest BCUT2D eigenvalue weighted by atomic mass is 79.9. The molecule has 0 unspecified atom stereocenters. The lowest BCUT2D eigenvalue weighted by Crippen LogP contribution is -1.88. The molecule has 0 saturated carbocycles. The molecule has 0 aliphatic rings. The van der Waals surface area contributed by atoms with Crippen molar-refractivity contribution >= 4 is 34.0 Å². The topological polar surface area (TPSA) is 35.8 Å². The van der Waals surface area contributed by atoms with E-state index in [9.17, 15) is 0 Å². The molecule has 0 aromatic heterocycles. The number of nitriles is 1. The Morgan fingerprint density at radius 1 is 1.42 bits per heavy atom. The van der Waals surface area contributed by atoms with Gasteiger partial charge in [-0.05, 0) is 18.2 Å². The van der Waals surface area contributed by atoms with E-state index < -0.39 is 0 Å². The third-order valence-electron chi connectivity index (χ3n) is 1.32. The van der Waals surface area contributed by atoms with E-state index in [1.165, 1.54) is 0 Å². The van der Waals surface area contributed by atoms with E-state index in [0.717, 1.165) is 10.2 Å². The highest BCUT2D eigenvalue weighted by Gasteiger charge is 1.95. The number of hydrogen-bond donors (Lipinski definition) is 1. The van der Waals surface area contributed by atoms with Gasteiger partial charge in [0.1, 0.15) is 0 Å². The molecule has 0 radical (unpaired) electrons. The van der Waals surface area contributed by atoms with Crippen LogP contribution in [0.15, 0.2) is 22.7 Å². The van der Waals surface area contributed by atoms with E-state index in [0.29, 0.717) is 5.56 Å². The Bertz CT molecular complexity index is 306. The van der Waals surface area contributed by atoms with Crippen molar-refractivity contribution in [2.24, 2.45) is 0 Å². The van der Waals surface area contributed by atoms with E-state index in [1.54, 1.807) is 12.1 Å².